The van der Waals surface area contributed by atoms with Crippen molar-refractivity contribution in [3.8, 4) is 0 Å². The number of nitrogens with two attached hydrogens (primary N) is 2. The smallest absolute Gasteiger partial charge is 0.239 e. The van der Waals surface area contributed by atoms with Crippen molar-refractivity contribution >= 4 is 34.8 Å². The molecule has 4 N–H and O–H groups in total. The zero-order valence-corrected chi connectivity index (χ0v) is 15.4. The summed E-state index contributed by atoms with van der Waals surface area (Å²) >= 11 is 1.60. The summed E-state index contributed by atoms with van der Waals surface area (Å²) in [6.45, 7) is 3.54. The van der Waals surface area contributed by atoms with Crippen LogP contribution >= 0.6 is 11.8 Å². The summed E-state index contributed by atoms with van der Waals surface area (Å²) in [5.74, 6) is -0.0775. The standard InChI is InChI=1S/C19H22N4OS/c1-11-8-14-9-17(21)18(25-3)10-16(14)19(22-23(11)12(2)24)13-4-6-15(20)7-5-13/h4-7,9-11H,8,20-21H2,1-3H3. The number of anilines is 2. The first-order valence-electron chi connectivity index (χ1n) is 8.11. The Morgan fingerprint density at radius 1 is 1.24 bits per heavy atom. The van der Waals surface area contributed by atoms with E-state index in [1.54, 1.807) is 16.8 Å². The first kappa shape index (κ1) is 17.4. The maximum absolute atomic E-state index is 12.1. The van der Waals surface area contributed by atoms with E-state index in [2.05, 4.69) is 6.07 Å². The molecule has 1 atom stereocenters. The van der Waals surface area contributed by atoms with Crippen LogP contribution in [0.3, 0.4) is 0 Å². The molecule has 0 saturated carbocycles. The average molecular weight is 354 g/mol. The third-order valence-corrected chi connectivity index (χ3v) is 5.15. The number of nitrogen functional groups attached to an aromatic ring is 2. The number of amides is 1. The Morgan fingerprint density at radius 3 is 2.52 bits per heavy atom. The molecule has 0 aliphatic carbocycles. The van der Waals surface area contributed by atoms with Crippen LogP contribution < -0.4 is 11.5 Å². The number of carbonyl (C=O) groups excluding carboxylic acids is 1. The van der Waals surface area contributed by atoms with Gasteiger partial charge in [-0.25, -0.2) is 5.01 Å². The molecular formula is C19H22N4OS. The minimum Gasteiger partial charge on any atom is -0.399 e. The summed E-state index contributed by atoms with van der Waals surface area (Å²) in [5, 5.41) is 6.27. The molecule has 0 saturated heterocycles. The summed E-state index contributed by atoms with van der Waals surface area (Å²) in [4.78, 5) is 13.1. The third-order valence-electron chi connectivity index (χ3n) is 4.36. The molecule has 5 nitrogen and oxygen atoms in total. The molecular weight excluding hydrogens is 332 g/mol. The lowest BCUT2D eigenvalue weighted by Crippen LogP contribution is -2.33. The first-order chi connectivity index (χ1) is 11.9. The Labute approximate surface area is 152 Å². The van der Waals surface area contributed by atoms with E-state index >= 15 is 0 Å². The van der Waals surface area contributed by atoms with E-state index in [0.29, 0.717) is 12.1 Å². The highest BCUT2D eigenvalue weighted by Crippen LogP contribution is 2.31. The molecule has 1 heterocycles. The number of rotatable bonds is 2. The maximum atomic E-state index is 12.1. The van der Waals surface area contributed by atoms with Crippen LogP contribution in [0.15, 0.2) is 46.4 Å². The average Bonchev–Trinajstić information content (AvgIpc) is 2.70. The number of hydrazone groups is 1. The van der Waals surface area contributed by atoms with Gasteiger partial charge in [-0.15, -0.1) is 11.8 Å². The van der Waals surface area contributed by atoms with Crippen LogP contribution in [0, 0.1) is 0 Å². The molecule has 0 spiro atoms. The lowest BCUT2D eigenvalue weighted by Gasteiger charge is -2.21. The number of benzene rings is 2. The number of nitrogens with zero attached hydrogens (tertiary/aromatic N) is 2. The third kappa shape index (κ3) is 3.35. The van der Waals surface area contributed by atoms with Crippen LogP contribution in [-0.2, 0) is 11.2 Å². The van der Waals surface area contributed by atoms with Gasteiger partial charge >= 0.3 is 0 Å². The summed E-state index contributed by atoms with van der Waals surface area (Å²) in [6.07, 6.45) is 2.70. The quantitative estimate of drug-likeness (QED) is 0.641. The topological polar surface area (TPSA) is 84.7 Å². The molecule has 0 aromatic heterocycles. The van der Waals surface area contributed by atoms with E-state index in [1.807, 2.05) is 43.5 Å². The lowest BCUT2D eigenvalue weighted by molar-refractivity contribution is -0.130. The van der Waals surface area contributed by atoms with Crippen LogP contribution in [-0.4, -0.2) is 28.9 Å². The van der Waals surface area contributed by atoms with E-state index < -0.39 is 0 Å². The zero-order chi connectivity index (χ0) is 18.1. The Bertz CT molecular complexity index is 845. The van der Waals surface area contributed by atoms with E-state index in [0.717, 1.165) is 33.0 Å². The van der Waals surface area contributed by atoms with Gasteiger partial charge in [-0.1, -0.05) is 12.1 Å². The van der Waals surface area contributed by atoms with Gasteiger partial charge in [-0.05, 0) is 49.4 Å². The summed E-state index contributed by atoms with van der Waals surface area (Å²) in [6, 6.07) is 11.6. The minimum absolute atomic E-state index is 0.0398. The van der Waals surface area contributed by atoms with Gasteiger partial charge in [-0.2, -0.15) is 5.10 Å². The van der Waals surface area contributed by atoms with Gasteiger partial charge in [0.15, 0.2) is 0 Å². The Balaban J connectivity index is 2.25. The molecule has 0 bridgehead atoms. The second kappa shape index (κ2) is 6.80. The number of hydrogen-bond acceptors (Lipinski definition) is 5. The summed E-state index contributed by atoms with van der Waals surface area (Å²) in [5.41, 5.74) is 17.3. The minimum atomic E-state index is -0.0775. The number of carbonyl (C=O) groups is 1. The Kier molecular flexibility index (Phi) is 4.72. The van der Waals surface area contributed by atoms with Crippen LogP contribution in [0.5, 0.6) is 0 Å². The van der Waals surface area contributed by atoms with Crippen LogP contribution in [0.2, 0.25) is 0 Å². The van der Waals surface area contributed by atoms with Crippen LogP contribution in [0.4, 0.5) is 11.4 Å². The molecule has 1 aliphatic rings. The van der Waals surface area contributed by atoms with E-state index in [1.165, 1.54) is 6.92 Å². The number of thioether (sulfide) groups is 1. The molecule has 0 radical (unpaired) electrons. The molecule has 2 aromatic rings. The second-order valence-corrected chi connectivity index (χ2v) is 7.09. The molecule has 1 amide bonds. The first-order valence-corrected chi connectivity index (χ1v) is 9.34. The van der Waals surface area contributed by atoms with Crippen molar-refractivity contribution in [3.63, 3.8) is 0 Å². The van der Waals surface area contributed by atoms with Crippen molar-refractivity contribution in [1.29, 1.82) is 0 Å². The van der Waals surface area contributed by atoms with Crippen molar-refractivity contribution in [2.75, 3.05) is 17.7 Å². The normalized spacial score (nSPS) is 16.8. The molecule has 0 fully saturated rings. The predicted octanol–water partition coefficient (Wildman–Crippen LogP) is 3.12. The molecule has 1 aliphatic heterocycles. The molecule has 6 heteroatoms. The highest BCUT2D eigenvalue weighted by Gasteiger charge is 2.26. The summed E-state index contributed by atoms with van der Waals surface area (Å²) in [7, 11) is 0. The molecule has 1 unspecified atom stereocenters. The highest BCUT2D eigenvalue weighted by atomic mass is 32.2. The van der Waals surface area contributed by atoms with Gasteiger partial charge in [-0.3, -0.25) is 4.79 Å². The SMILES string of the molecule is CSc1cc2c(cc1N)CC(C)N(C(C)=O)N=C2c1ccc(N)cc1. The highest BCUT2D eigenvalue weighted by molar-refractivity contribution is 7.98. The molecule has 25 heavy (non-hydrogen) atoms. The lowest BCUT2D eigenvalue weighted by atomic mass is 9.94. The number of hydrogen-bond donors (Lipinski definition) is 2. The summed E-state index contributed by atoms with van der Waals surface area (Å²) < 4.78 is 0. The fraction of sp³-hybridized carbons (Fsp3) is 0.263. The van der Waals surface area contributed by atoms with E-state index in [4.69, 9.17) is 16.6 Å². The predicted molar refractivity (Wildman–Crippen MR) is 105 cm³/mol. The van der Waals surface area contributed by atoms with E-state index in [9.17, 15) is 4.79 Å². The molecule has 2 aromatic carbocycles. The number of fused-ring (bicyclic) bond motifs is 1. The van der Waals surface area contributed by atoms with Crippen molar-refractivity contribution in [1.82, 2.24) is 5.01 Å². The van der Waals surface area contributed by atoms with E-state index in [-0.39, 0.29) is 11.9 Å². The molecule has 130 valence electrons. The van der Waals surface area contributed by atoms with Crippen LogP contribution in [0.25, 0.3) is 0 Å². The van der Waals surface area contributed by atoms with Gasteiger partial charge in [0.25, 0.3) is 0 Å². The van der Waals surface area contributed by atoms with Crippen LogP contribution in [0.1, 0.15) is 30.5 Å². The maximum Gasteiger partial charge on any atom is 0.239 e. The Morgan fingerprint density at radius 2 is 1.92 bits per heavy atom. The van der Waals surface area contributed by atoms with Gasteiger partial charge < -0.3 is 11.5 Å². The monoisotopic (exact) mass is 354 g/mol. The van der Waals surface area contributed by atoms with Gasteiger partial charge in [0.05, 0.1) is 11.8 Å². The van der Waals surface area contributed by atoms with Gasteiger partial charge in [0.2, 0.25) is 5.91 Å². The Hall–Kier alpha value is -2.47. The van der Waals surface area contributed by atoms with Crippen molar-refractivity contribution in [2.24, 2.45) is 5.10 Å². The second-order valence-electron chi connectivity index (χ2n) is 6.24. The fourth-order valence-electron chi connectivity index (χ4n) is 3.11. The largest absolute Gasteiger partial charge is 0.399 e. The fourth-order valence-corrected chi connectivity index (χ4v) is 3.64. The van der Waals surface area contributed by atoms with Gasteiger partial charge in [0.1, 0.15) is 0 Å². The van der Waals surface area contributed by atoms with Crippen molar-refractivity contribution in [3.05, 3.63) is 53.1 Å². The van der Waals surface area contributed by atoms with Crippen molar-refractivity contribution in [2.45, 2.75) is 31.2 Å². The van der Waals surface area contributed by atoms with Crippen molar-refractivity contribution < 1.29 is 4.79 Å². The zero-order valence-electron chi connectivity index (χ0n) is 14.6. The van der Waals surface area contributed by atoms with Gasteiger partial charge in [0, 0.05) is 34.3 Å². The molecule has 3 rings (SSSR count).